The lowest BCUT2D eigenvalue weighted by Crippen LogP contribution is -1.87. The van der Waals surface area contributed by atoms with Crippen molar-refractivity contribution >= 4 is 12.1 Å². The molecule has 0 aromatic rings. The van der Waals surface area contributed by atoms with Gasteiger partial charge in [0.15, 0.2) is 0 Å². The van der Waals surface area contributed by atoms with Crippen LogP contribution in [0.25, 0.3) is 11.1 Å². The van der Waals surface area contributed by atoms with Crippen LogP contribution >= 0.6 is 0 Å². The van der Waals surface area contributed by atoms with Crippen LogP contribution in [0.5, 0.6) is 0 Å². The molecule has 0 atom stereocenters. The van der Waals surface area contributed by atoms with Crippen molar-refractivity contribution in [1.29, 1.82) is 0 Å². The number of fused-ring (bicyclic) bond motifs is 1. The Morgan fingerprint density at radius 3 is 1.94 bits per heavy atom. The maximum atomic E-state index is 10.0. The molecule has 6 heteroatoms. The van der Waals surface area contributed by atoms with E-state index in [-0.39, 0.29) is 5.97 Å². The topological polar surface area (TPSA) is 72.8 Å². The fraction of sp³-hybridized carbons (Fsp3) is 0.0909. The number of esters is 1. The van der Waals surface area contributed by atoms with Crippen molar-refractivity contribution < 1.29 is 28.9 Å². The van der Waals surface area contributed by atoms with Crippen molar-refractivity contribution in [2.45, 2.75) is 6.92 Å². The predicted octanol–water partition coefficient (Wildman–Crippen LogP) is 2.93. The number of benzene rings is 1. The minimum atomic E-state index is -1.91. The average Bonchev–Trinajstić information content (AvgIpc) is 2.87. The van der Waals surface area contributed by atoms with E-state index in [1.54, 1.807) is 0 Å². The van der Waals surface area contributed by atoms with Crippen LogP contribution in [0.15, 0.2) is 37.1 Å². The Morgan fingerprint density at radius 1 is 1.41 bits per heavy atom. The first-order chi connectivity index (χ1) is 8.01. The molecule has 17 heavy (non-hydrogen) atoms. The van der Waals surface area contributed by atoms with Crippen molar-refractivity contribution in [3.63, 3.8) is 0 Å². The molecule has 2 aliphatic carbocycles. The van der Waals surface area contributed by atoms with Crippen LogP contribution in [0.3, 0.4) is 0 Å². The molecule has 0 unspecified atom stereocenters. The summed E-state index contributed by atoms with van der Waals surface area (Å²) in [6.45, 7) is 4.48. The van der Waals surface area contributed by atoms with Crippen molar-refractivity contribution in [1.82, 2.24) is 0 Å². The number of hydrogen-bond acceptors (Lipinski definition) is 4. The Hall–Kier alpha value is -2.37. The first-order valence-electron chi connectivity index (χ1n) is 4.41. The summed E-state index contributed by atoms with van der Waals surface area (Å²) in [6, 6.07) is 8.48. The number of halogens is 1. The molecule has 0 aromatic carbocycles. The highest BCUT2D eigenvalue weighted by Gasteiger charge is 2.06. The highest BCUT2D eigenvalue weighted by molar-refractivity contribution is 5.80. The Labute approximate surface area is 97.0 Å². The molecule has 0 spiro atoms. The lowest BCUT2D eigenvalue weighted by atomic mass is 10.6. The summed E-state index contributed by atoms with van der Waals surface area (Å²) in [5, 5.41) is 7.12. The van der Waals surface area contributed by atoms with Gasteiger partial charge in [-0.15, -0.1) is 0 Å². The van der Waals surface area contributed by atoms with E-state index in [0.717, 1.165) is 6.26 Å². The fourth-order valence-electron chi connectivity index (χ4n) is 0.793. The third kappa shape index (κ3) is 8.61. The molecule has 0 saturated heterocycles. The Balaban J connectivity index is 0.000000228. The molecule has 0 aliphatic heterocycles. The molecule has 0 bridgehead atoms. The summed E-state index contributed by atoms with van der Waals surface area (Å²) in [4.78, 5) is 20.7. The number of carbonyl (C=O) groups is 2. The summed E-state index contributed by atoms with van der Waals surface area (Å²) < 4.78 is 14.2. The second-order valence-electron chi connectivity index (χ2n) is 2.70. The lowest BCUT2D eigenvalue weighted by Gasteiger charge is -1.83. The van der Waals surface area contributed by atoms with Gasteiger partial charge < -0.3 is 9.84 Å². The first kappa shape index (κ1) is 14.6. The molecular weight excluding hydrogens is 231 g/mol. The molecule has 0 saturated carbocycles. The van der Waals surface area contributed by atoms with Crippen LogP contribution in [0.4, 0.5) is 9.32 Å². The molecule has 0 amide bonds. The minimum Gasteiger partial charge on any atom is -0.448 e. The summed E-state index contributed by atoms with van der Waals surface area (Å²) in [7, 11) is 0. The second-order valence-corrected chi connectivity index (χ2v) is 2.70. The van der Waals surface area contributed by atoms with Gasteiger partial charge in [0.05, 0.1) is 6.26 Å². The summed E-state index contributed by atoms with van der Waals surface area (Å²) in [5.74, 6) is -0.329. The maximum Gasteiger partial charge on any atom is 0.542 e. The molecule has 0 heterocycles. The SMILES string of the molecule is C=COC(C)=O.O=C(O)OF.c1cc2cc-2c1. The van der Waals surface area contributed by atoms with E-state index >= 15 is 0 Å². The first-order valence-corrected chi connectivity index (χ1v) is 4.41. The van der Waals surface area contributed by atoms with Crippen LogP contribution in [-0.4, -0.2) is 17.2 Å². The van der Waals surface area contributed by atoms with E-state index in [4.69, 9.17) is 9.90 Å². The smallest absolute Gasteiger partial charge is 0.448 e. The van der Waals surface area contributed by atoms with Gasteiger partial charge in [0.2, 0.25) is 0 Å². The van der Waals surface area contributed by atoms with Crippen LogP contribution in [-0.2, 0) is 14.5 Å². The standard InChI is InChI=1S/C6H4.C4H6O2.CHFO3/c1-2-5-4-6(5)3-1;1-3-6-4(2)5;2-5-1(3)4/h1-4H;3H,1H2,2H3;(H,3,4). The van der Waals surface area contributed by atoms with Crippen LogP contribution in [0.2, 0.25) is 0 Å². The van der Waals surface area contributed by atoms with Crippen molar-refractivity contribution in [2.24, 2.45) is 0 Å². The summed E-state index contributed by atoms with van der Waals surface area (Å²) in [6.07, 6.45) is -0.812. The van der Waals surface area contributed by atoms with E-state index in [1.807, 2.05) is 0 Å². The van der Waals surface area contributed by atoms with Crippen molar-refractivity contribution in [3.05, 3.63) is 37.1 Å². The van der Waals surface area contributed by atoms with E-state index < -0.39 is 6.16 Å². The Morgan fingerprint density at radius 2 is 1.88 bits per heavy atom. The van der Waals surface area contributed by atoms with E-state index in [2.05, 4.69) is 40.5 Å². The van der Waals surface area contributed by atoms with Gasteiger partial charge in [-0.1, -0.05) is 24.8 Å². The zero-order chi connectivity index (χ0) is 13.3. The molecule has 1 N–H and O–H groups in total. The number of carbonyl (C=O) groups excluding carboxylic acids is 1. The van der Waals surface area contributed by atoms with Crippen molar-refractivity contribution in [2.75, 3.05) is 0 Å². The Kier molecular flexibility index (Phi) is 6.77. The molecule has 0 fully saturated rings. The maximum absolute atomic E-state index is 10.0. The highest BCUT2D eigenvalue weighted by atomic mass is 19.3. The van der Waals surface area contributed by atoms with Gasteiger partial charge >= 0.3 is 12.1 Å². The highest BCUT2D eigenvalue weighted by Crippen LogP contribution is 2.32. The third-order valence-electron chi connectivity index (χ3n) is 1.43. The van der Waals surface area contributed by atoms with Gasteiger partial charge in [0.25, 0.3) is 0 Å². The van der Waals surface area contributed by atoms with Gasteiger partial charge in [-0.05, 0) is 17.2 Å². The lowest BCUT2D eigenvalue weighted by molar-refractivity contribution is -0.135. The van der Waals surface area contributed by atoms with E-state index in [9.17, 15) is 9.32 Å². The Bertz CT molecular complexity index is 385. The van der Waals surface area contributed by atoms with Crippen LogP contribution in [0, 0.1) is 0 Å². The predicted molar refractivity (Wildman–Crippen MR) is 57.6 cm³/mol. The number of rotatable bonds is 1. The van der Waals surface area contributed by atoms with Gasteiger partial charge in [-0.2, -0.15) is 0 Å². The van der Waals surface area contributed by atoms with E-state index in [0.29, 0.717) is 0 Å². The largest absolute Gasteiger partial charge is 0.542 e. The molecule has 2 rings (SSSR count). The van der Waals surface area contributed by atoms with Crippen molar-refractivity contribution in [3.8, 4) is 11.1 Å². The van der Waals surface area contributed by atoms with Gasteiger partial charge in [0.1, 0.15) is 0 Å². The van der Waals surface area contributed by atoms with E-state index in [1.165, 1.54) is 18.1 Å². The number of hydrogen-bond donors (Lipinski definition) is 1. The van der Waals surface area contributed by atoms with Crippen LogP contribution in [0.1, 0.15) is 6.92 Å². The number of ether oxygens (including phenoxy) is 1. The monoisotopic (exact) mass is 242 g/mol. The number of carboxylic acid groups (broad SMARTS) is 1. The fourth-order valence-corrected chi connectivity index (χ4v) is 0.793. The second kappa shape index (κ2) is 7.86. The van der Waals surface area contributed by atoms with Gasteiger partial charge in [-0.3, -0.25) is 4.79 Å². The van der Waals surface area contributed by atoms with Gasteiger partial charge in [-0.25, -0.2) is 9.74 Å². The summed E-state index contributed by atoms with van der Waals surface area (Å²) >= 11 is 0. The van der Waals surface area contributed by atoms with Crippen LogP contribution < -0.4 is 0 Å². The third-order valence-corrected chi connectivity index (χ3v) is 1.43. The molecule has 0 aromatic heterocycles. The molecule has 0 radical (unpaired) electrons. The quantitative estimate of drug-likeness (QED) is 0.614. The molecular formula is C11H11FO5. The molecule has 2 aliphatic rings. The molecule has 92 valence electrons. The molecule has 5 nitrogen and oxygen atoms in total. The minimum absolute atomic E-state index is 0.329. The zero-order valence-corrected chi connectivity index (χ0v) is 9.05. The summed E-state index contributed by atoms with van der Waals surface area (Å²) in [5.41, 5.74) is 2.85. The van der Waals surface area contributed by atoms with Gasteiger partial charge in [0, 0.05) is 11.4 Å². The zero-order valence-electron chi connectivity index (χ0n) is 9.05. The normalized spacial score (nSPS) is 8.35. The average molecular weight is 242 g/mol.